The number of carboxylic acids is 1. The second-order valence-corrected chi connectivity index (χ2v) is 4.42. The predicted molar refractivity (Wildman–Crippen MR) is 72.9 cm³/mol. The molecule has 21 heavy (non-hydrogen) atoms. The maximum Gasteiger partial charge on any atom is 0.360 e. The predicted octanol–water partition coefficient (Wildman–Crippen LogP) is 1.46. The van der Waals surface area contributed by atoms with Crippen LogP contribution >= 0.6 is 0 Å². The fourth-order valence-electron chi connectivity index (χ4n) is 1.93. The second-order valence-electron chi connectivity index (χ2n) is 4.42. The highest BCUT2D eigenvalue weighted by Gasteiger charge is 2.18. The average molecular weight is 289 g/mol. The summed E-state index contributed by atoms with van der Waals surface area (Å²) in [6.07, 6.45) is 1.35. The number of nitro groups is 1. The zero-order valence-electron chi connectivity index (χ0n) is 11.2. The first-order valence-corrected chi connectivity index (χ1v) is 5.91. The molecule has 8 nitrogen and oxygen atoms in total. The van der Waals surface area contributed by atoms with Crippen molar-refractivity contribution in [2.75, 3.05) is 0 Å². The van der Waals surface area contributed by atoms with Crippen molar-refractivity contribution in [3.63, 3.8) is 0 Å². The number of aryl methyl sites for hydroxylation is 1. The van der Waals surface area contributed by atoms with Crippen LogP contribution in [0.25, 0.3) is 5.69 Å². The Hall–Kier alpha value is -3.03. The van der Waals surface area contributed by atoms with E-state index in [-0.39, 0.29) is 11.3 Å². The lowest BCUT2D eigenvalue weighted by Gasteiger charge is -2.10. The molecule has 0 aliphatic rings. The van der Waals surface area contributed by atoms with Crippen LogP contribution in [0.4, 0.5) is 5.69 Å². The molecule has 0 aliphatic carbocycles. The Labute approximate surface area is 118 Å². The molecule has 1 N–H and O–H groups in total. The van der Waals surface area contributed by atoms with Gasteiger partial charge < -0.3 is 5.11 Å². The fraction of sp³-hybridized carbons (Fsp3) is 0.154. The number of nitrogens with zero attached hydrogens (tertiary/aromatic N) is 3. The molecule has 108 valence electrons. The largest absolute Gasteiger partial charge is 0.476 e. The third-order valence-corrected chi connectivity index (χ3v) is 3.02. The van der Waals surface area contributed by atoms with Gasteiger partial charge in [0.25, 0.3) is 5.69 Å². The van der Waals surface area contributed by atoms with Gasteiger partial charge >= 0.3 is 5.97 Å². The van der Waals surface area contributed by atoms with Gasteiger partial charge in [-0.15, -0.1) is 0 Å². The molecule has 1 aromatic heterocycles. The van der Waals surface area contributed by atoms with Crippen LogP contribution in [0.2, 0.25) is 0 Å². The normalized spacial score (nSPS) is 10.4. The molecule has 0 bridgehead atoms. The molecule has 8 heteroatoms. The fourth-order valence-corrected chi connectivity index (χ4v) is 1.93. The standard InChI is InChI=1S/C13H11N3O5/c1-7-6-15(14-11(12(7)17)13(18)19)9-4-3-5-10(8(9)2)16(20)21/h3-6H,1-2H3,(H,18,19). The van der Waals surface area contributed by atoms with E-state index in [2.05, 4.69) is 5.10 Å². The highest BCUT2D eigenvalue weighted by molar-refractivity contribution is 5.85. The van der Waals surface area contributed by atoms with E-state index in [1.54, 1.807) is 6.07 Å². The van der Waals surface area contributed by atoms with Crippen molar-refractivity contribution in [2.45, 2.75) is 13.8 Å². The zero-order chi connectivity index (χ0) is 15.7. The van der Waals surface area contributed by atoms with E-state index >= 15 is 0 Å². The topological polar surface area (TPSA) is 115 Å². The molecular weight excluding hydrogens is 278 g/mol. The molecule has 0 amide bonds. The third-order valence-electron chi connectivity index (χ3n) is 3.02. The van der Waals surface area contributed by atoms with Crippen LogP contribution in [0, 0.1) is 24.0 Å². The van der Waals surface area contributed by atoms with Crippen molar-refractivity contribution in [1.82, 2.24) is 9.78 Å². The van der Waals surface area contributed by atoms with Gasteiger partial charge in [0.2, 0.25) is 11.1 Å². The third kappa shape index (κ3) is 2.50. The van der Waals surface area contributed by atoms with Gasteiger partial charge in [0.1, 0.15) is 0 Å². The summed E-state index contributed by atoms with van der Waals surface area (Å²) in [6, 6.07) is 4.37. The maximum absolute atomic E-state index is 11.7. The number of carboxylic acid groups (broad SMARTS) is 1. The zero-order valence-corrected chi connectivity index (χ0v) is 11.2. The van der Waals surface area contributed by atoms with Crippen LogP contribution in [0.1, 0.15) is 21.6 Å². The molecule has 2 aromatic rings. The van der Waals surface area contributed by atoms with Crippen molar-refractivity contribution in [1.29, 1.82) is 0 Å². The van der Waals surface area contributed by atoms with Crippen LogP contribution < -0.4 is 5.43 Å². The molecule has 0 saturated heterocycles. The molecule has 0 unspecified atom stereocenters. The van der Waals surface area contributed by atoms with E-state index in [4.69, 9.17) is 5.11 Å². The Bertz CT molecular complexity index is 810. The number of benzene rings is 1. The van der Waals surface area contributed by atoms with E-state index < -0.39 is 22.0 Å². The van der Waals surface area contributed by atoms with Gasteiger partial charge in [0.15, 0.2) is 0 Å². The summed E-state index contributed by atoms with van der Waals surface area (Å²) in [4.78, 5) is 33.1. The highest BCUT2D eigenvalue weighted by Crippen LogP contribution is 2.23. The monoisotopic (exact) mass is 289 g/mol. The number of aromatic nitrogens is 2. The summed E-state index contributed by atoms with van der Waals surface area (Å²) < 4.78 is 1.17. The maximum atomic E-state index is 11.7. The van der Waals surface area contributed by atoms with Crippen LogP contribution in [-0.2, 0) is 0 Å². The van der Waals surface area contributed by atoms with Crippen molar-refractivity contribution in [2.24, 2.45) is 0 Å². The van der Waals surface area contributed by atoms with Crippen molar-refractivity contribution < 1.29 is 14.8 Å². The van der Waals surface area contributed by atoms with Crippen molar-refractivity contribution in [3.05, 3.63) is 61.6 Å². The van der Waals surface area contributed by atoms with Crippen LogP contribution in [0.15, 0.2) is 29.2 Å². The molecule has 1 aromatic carbocycles. The summed E-state index contributed by atoms with van der Waals surface area (Å²) in [5.41, 5.74) is -0.553. The van der Waals surface area contributed by atoms with Crippen molar-refractivity contribution >= 4 is 11.7 Å². The van der Waals surface area contributed by atoms with Gasteiger partial charge in [-0.2, -0.15) is 5.10 Å². The second kappa shape index (κ2) is 5.16. The summed E-state index contributed by atoms with van der Waals surface area (Å²) in [7, 11) is 0. The van der Waals surface area contributed by atoms with E-state index in [1.807, 2.05) is 0 Å². The molecule has 0 saturated carbocycles. The lowest BCUT2D eigenvalue weighted by molar-refractivity contribution is -0.385. The number of hydrogen-bond acceptors (Lipinski definition) is 5. The first kappa shape index (κ1) is 14.4. The van der Waals surface area contributed by atoms with Gasteiger partial charge in [-0.1, -0.05) is 6.07 Å². The Morgan fingerprint density at radius 1 is 1.38 bits per heavy atom. The number of carbonyl (C=O) groups is 1. The SMILES string of the molecule is Cc1c(-n2cc(C)c(=O)c(C(=O)O)n2)cccc1[N+](=O)[O-]. The summed E-state index contributed by atoms with van der Waals surface area (Å²) in [5.74, 6) is -1.44. The minimum absolute atomic E-state index is 0.109. The Morgan fingerprint density at radius 3 is 2.62 bits per heavy atom. The molecular formula is C13H11N3O5. The minimum Gasteiger partial charge on any atom is -0.476 e. The molecule has 1 heterocycles. The molecule has 0 radical (unpaired) electrons. The van der Waals surface area contributed by atoms with Gasteiger partial charge in [-0.05, 0) is 19.9 Å². The molecule has 2 rings (SSSR count). The minimum atomic E-state index is -1.44. The van der Waals surface area contributed by atoms with E-state index in [1.165, 1.54) is 36.9 Å². The van der Waals surface area contributed by atoms with E-state index in [0.29, 0.717) is 11.3 Å². The van der Waals surface area contributed by atoms with Crippen LogP contribution in [0.5, 0.6) is 0 Å². The molecule has 0 fully saturated rings. The first-order chi connectivity index (χ1) is 9.82. The lowest BCUT2D eigenvalue weighted by atomic mass is 10.1. The number of hydrogen-bond donors (Lipinski definition) is 1. The summed E-state index contributed by atoms with van der Waals surface area (Å²) in [5, 5.41) is 23.7. The summed E-state index contributed by atoms with van der Waals surface area (Å²) in [6.45, 7) is 2.99. The smallest absolute Gasteiger partial charge is 0.360 e. The van der Waals surface area contributed by atoms with Crippen LogP contribution in [-0.4, -0.2) is 25.8 Å². The molecule has 0 atom stereocenters. The van der Waals surface area contributed by atoms with Gasteiger partial charge in [0.05, 0.1) is 16.2 Å². The summed E-state index contributed by atoms with van der Waals surface area (Å²) >= 11 is 0. The van der Waals surface area contributed by atoms with E-state index in [0.717, 1.165) is 0 Å². The van der Waals surface area contributed by atoms with Gasteiger partial charge in [0, 0.05) is 17.8 Å². The number of aromatic carboxylic acids is 1. The van der Waals surface area contributed by atoms with Crippen molar-refractivity contribution in [3.8, 4) is 5.69 Å². The Morgan fingerprint density at radius 2 is 2.05 bits per heavy atom. The van der Waals surface area contributed by atoms with Crippen LogP contribution in [0.3, 0.4) is 0 Å². The molecule has 0 aliphatic heterocycles. The van der Waals surface area contributed by atoms with Gasteiger partial charge in [-0.3, -0.25) is 14.9 Å². The lowest BCUT2D eigenvalue weighted by Crippen LogP contribution is -2.23. The Balaban J connectivity index is 2.74. The average Bonchev–Trinajstić information content (AvgIpc) is 2.41. The van der Waals surface area contributed by atoms with E-state index in [9.17, 15) is 19.7 Å². The quantitative estimate of drug-likeness (QED) is 0.675. The van der Waals surface area contributed by atoms with Gasteiger partial charge in [-0.25, -0.2) is 9.48 Å². The highest BCUT2D eigenvalue weighted by atomic mass is 16.6. The first-order valence-electron chi connectivity index (χ1n) is 5.91. The number of nitro benzene ring substituents is 1. The Kier molecular flexibility index (Phi) is 3.53. The number of rotatable bonds is 3. The molecule has 0 spiro atoms.